The Labute approximate surface area is 134 Å². The van der Waals surface area contributed by atoms with Crippen LogP contribution in [0.5, 0.6) is 0 Å². The summed E-state index contributed by atoms with van der Waals surface area (Å²) in [5, 5.41) is 3.62. The standard InChI is InChI=1S/C20H27NO/c1-3-5-11-19(4-2)20-13-12-18(14-21-20)16-22-15-17-9-7-6-8-10-17/h3-11,18,20-21H,2,12-16H2,1H3/b5-3-,19-11+. The van der Waals surface area contributed by atoms with Crippen LogP contribution < -0.4 is 5.32 Å². The molecule has 1 heterocycles. The van der Waals surface area contributed by atoms with Gasteiger partial charge in [-0.25, -0.2) is 0 Å². The predicted octanol–water partition coefficient (Wildman–Crippen LogP) is 4.26. The van der Waals surface area contributed by atoms with Crippen molar-refractivity contribution in [1.29, 1.82) is 0 Å². The Morgan fingerprint density at radius 2 is 2.14 bits per heavy atom. The molecule has 2 atom stereocenters. The van der Waals surface area contributed by atoms with Gasteiger partial charge in [-0.3, -0.25) is 0 Å². The lowest BCUT2D eigenvalue weighted by Crippen LogP contribution is -2.41. The van der Waals surface area contributed by atoms with Gasteiger partial charge in [-0.2, -0.15) is 0 Å². The Balaban J connectivity index is 1.72. The monoisotopic (exact) mass is 297 g/mol. The Bertz CT molecular complexity index is 496. The minimum absolute atomic E-state index is 0.430. The Kier molecular flexibility index (Phi) is 7.14. The van der Waals surface area contributed by atoms with Gasteiger partial charge >= 0.3 is 0 Å². The van der Waals surface area contributed by atoms with Gasteiger partial charge in [0.05, 0.1) is 13.2 Å². The topological polar surface area (TPSA) is 21.3 Å². The molecule has 0 amide bonds. The van der Waals surface area contributed by atoms with Crippen LogP contribution in [0.4, 0.5) is 0 Å². The largest absolute Gasteiger partial charge is 0.376 e. The number of allylic oxidation sites excluding steroid dienone is 3. The van der Waals surface area contributed by atoms with Crippen LogP contribution in [0.1, 0.15) is 25.3 Å². The minimum Gasteiger partial charge on any atom is -0.376 e. The molecule has 1 fully saturated rings. The maximum atomic E-state index is 5.86. The van der Waals surface area contributed by atoms with Crippen LogP contribution in [0.25, 0.3) is 0 Å². The molecule has 1 N–H and O–H groups in total. The molecule has 0 aromatic heterocycles. The van der Waals surface area contributed by atoms with E-state index >= 15 is 0 Å². The van der Waals surface area contributed by atoms with Crippen molar-refractivity contribution in [2.24, 2.45) is 5.92 Å². The second-order valence-electron chi connectivity index (χ2n) is 5.80. The van der Waals surface area contributed by atoms with Crippen molar-refractivity contribution in [3.63, 3.8) is 0 Å². The number of piperidine rings is 1. The molecule has 1 aliphatic rings. The zero-order chi connectivity index (χ0) is 15.6. The summed E-state index contributed by atoms with van der Waals surface area (Å²) in [5.74, 6) is 0.604. The molecule has 0 saturated carbocycles. The van der Waals surface area contributed by atoms with Crippen molar-refractivity contribution in [3.05, 3.63) is 72.4 Å². The fraction of sp³-hybridized carbons (Fsp3) is 0.400. The van der Waals surface area contributed by atoms with Gasteiger partial charge in [-0.15, -0.1) is 0 Å². The summed E-state index contributed by atoms with van der Waals surface area (Å²) in [6.45, 7) is 8.51. The highest BCUT2D eigenvalue weighted by Crippen LogP contribution is 2.20. The first-order valence-electron chi connectivity index (χ1n) is 8.14. The van der Waals surface area contributed by atoms with Crippen molar-refractivity contribution in [2.45, 2.75) is 32.4 Å². The second-order valence-corrected chi connectivity index (χ2v) is 5.80. The van der Waals surface area contributed by atoms with E-state index in [-0.39, 0.29) is 0 Å². The summed E-state index contributed by atoms with van der Waals surface area (Å²) in [5.41, 5.74) is 2.52. The van der Waals surface area contributed by atoms with Crippen LogP contribution in [0, 0.1) is 5.92 Å². The number of rotatable bonds is 7. The maximum Gasteiger partial charge on any atom is 0.0717 e. The second kappa shape index (κ2) is 9.39. The van der Waals surface area contributed by atoms with Gasteiger partial charge in [0.25, 0.3) is 0 Å². The fourth-order valence-electron chi connectivity index (χ4n) is 2.79. The number of ether oxygens (including phenoxy) is 1. The Morgan fingerprint density at radius 1 is 1.32 bits per heavy atom. The van der Waals surface area contributed by atoms with Crippen molar-refractivity contribution in [1.82, 2.24) is 5.32 Å². The lowest BCUT2D eigenvalue weighted by Gasteiger charge is -2.30. The first kappa shape index (κ1) is 16.7. The normalized spacial score (nSPS) is 22.9. The average molecular weight is 297 g/mol. The molecule has 118 valence electrons. The van der Waals surface area contributed by atoms with Gasteiger partial charge in [0.2, 0.25) is 0 Å². The quantitative estimate of drug-likeness (QED) is 0.759. The van der Waals surface area contributed by atoms with Gasteiger partial charge in [0.1, 0.15) is 0 Å². The highest BCUT2D eigenvalue weighted by molar-refractivity contribution is 5.27. The van der Waals surface area contributed by atoms with Crippen molar-refractivity contribution >= 4 is 0 Å². The molecule has 2 unspecified atom stereocenters. The maximum absolute atomic E-state index is 5.86. The highest BCUT2D eigenvalue weighted by Gasteiger charge is 2.21. The lowest BCUT2D eigenvalue weighted by atomic mass is 9.91. The first-order valence-corrected chi connectivity index (χ1v) is 8.14. The number of hydrogen-bond acceptors (Lipinski definition) is 2. The summed E-state index contributed by atoms with van der Waals surface area (Å²) in [6.07, 6.45) is 10.6. The highest BCUT2D eigenvalue weighted by atomic mass is 16.5. The summed E-state index contributed by atoms with van der Waals surface area (Å²) in [4.78, 5) is 0. The third kappa shape index (κ3) is 5.28. The summed E-state index contributed by atoms with van der Waals surface area (Å²) in [7, 11) is 0. The molecule has 2 nitrogen and oxygen atoms in total. The zero-order valence-corrected chi connectivity index (χ0v) is 13.5. The Morgan fingerprint density at radius 3 is 2.77 bits per heavy atom. The molecule has 1 aromatic rings. The smallest absolute Gasteiger partial charge is 0.0717 e. The van der Waals surface area contributed by atoms with Gasteiger partial charge in [0, 0.05) is 12.6 Å². The number of hydrogen-bond donors (Lipinski definition) is 1. The van der Waals surface area contributed by atoms with E-state index in [1.807, 2.05) is 25.1 Å². The molecular formula is C20H27NO. The van der Waals surface area contributed by atoms with Gasteiger partial charge in [-0.05, 0) is 36.8 Å². The molecule has 2 rings (SSSR count). The summed E-state index contributed by atoms with van der Waals surface area (Å²) in [6, 6.07) is 10.8. The zero-order valence-electron chi connectivity index (χ0n) is 13.5. The van der Waals surface area contributed by atoms with Crippen LogP contribution in [0.2, 0.25) is 0 Å². The molecule has 2 heteroatoms. The van der Waals surface area contributed by atoms with E-state index in [4.69, 9.17) is 4.74 Å². The first-order chi connectivity index (χ1) is 10.8. The summed E-state index contributed by atoms with van der Waals surface area (Å²) < 4.78 is 5.86. The molecule has 0 bridgehead atoms. The lowest BCUT2D eigenvalue weighted by molar-refractivity contribution is 0.0754. The van der Waals surface area contributed by atoms with Crippen LogP contribution in [-0.4, -0.2) is 19.2 Å². The van der Waals surface area contributed by atoms with Crippen molar-refractivity contribution in [2.75, 3.05) is 13.2 Å². The van der Waals surface area contributed by atoms with Crippen molar-refractivity contribution in [3.8, 4) is 0 Å². The van der Waals surface area contributed by atoms with E-state index in [9.17, 15) is 0 Å². The molecule has 0 spiro atoms. The van der Waals surface area contributed by atoms with Gasteiger partial charge in [0.15, 0.2) is 0 Å². The molecule has 1 aromatic carbocycles. The van der Waals surface area contributed by atoms with Crippen molar-refractivity contribution < 1.29 is 4.74 Å². The van der Waals surface area contributed by atoms with Gasteiger partial charge < -0.3 is 10.1 Å². The minimum atomic E-state index is 0.430. The van der Waals surface area contributed by atoms with Gasteiger partial charge in [-0.1, -0.05) is 61.2 Å². The molecule has 1 saturated heterocycles. The third-order valence-electron chi connectivity index (χ3n) is 4.10. The van der Waals surface area contributed by atoms with Crippen LogP contribution >= 0.6 is 0 Å². The Hall–Kier alpha value is -1.64. The molecule has 22 heavy (non-hydrogen) atoms. The van der Waals surface area contributed by atoms with E-state index in [2.05, 4.69) is 48.3 Å². The molecule has 0 aliphatic carbocycles. The van der Waals surface area contributed by atoms with Crippen LogP contribution in [-0.2, 0) is 11.3 Å². The van der Waals surface area contributed by atoms with Crippen LogP contribution in [0.15, 0.2) is 66.8 Å². The average Bonchev–Trinajstić information content (AvgIpc) is 2.58. The van der Waals surface area contributed by atoms with E-state index in [0.29, 0.717) is 18.6 Å². The van der Waals surface area contributed by atoms with E-state index in [0.717, 1.165) is 19.6 Å². The summed E-state index contributed by atoms with van der Waals surface area (Å²) >= 11 is 0. The number of benzene rings is 1. The molecule has 1 aliphatic heterocycles. The fourth-order valence-corrected chi connectivity index (χ4v) is 2.79. The van der Waals surface area contributed by atoms with E-state index in [1.165, 1.54) is 17.6 Å². The van der Waals surface area contributed by atoms with Crippen LogP contribution in [0.3, 0.4) is 0 Å². The van der Waals surface area contributed by atoms with E-state index < -0.39 is 0 Å². The molecule has 0 radical (unpaired) electrons. The third-order valence-corrected chi connectivity index (χ3v) is 4.10. The van der Waals surface area contributed by atoms with E-state index in [1.54, 1.807) is 0 Å². The molecular weight excluding hydrogens is 270 g/mol. The SMILES string of the molecule is C=C/C(=C\C=C/C)C1CCC(COCc2ccccc2)CN1. The number of nitrogens with one attached hydrogen (secondary N) is 1. The predicted molar refractivity (Wildman–Crippen MR) is 93.7 cm³/mol.